The summed E-state index contributed by atoms with van der Waals surface area (Å²) < 4.78 is 24.8. The Kier molecular flexibility index (Phi) is 4.39. The molecule has 0 amide bonds. The molecule has 2 rings (SSSR count). The van der Waals surface area contributed by atoms with Crippen LogP contribution in [0.3, 0.4) is 0 Å². The van der Waals surface area contributed by atoms with E-state index in [-0.39, 0.29) is 24.1 Å². The molecule has 0 aromatic heterocycles. The lowest BCUT2D eigenvalue weighted by Crippen LogP contribution is -2.27. The molecule has 1 fully saturated rings. The number of hydrogen-bond acceptors (Lipinski definition) is 4. The Hall–Kier alpha value is -1.17. The molecule has 106 valence electrons. The quantitative estimate of drug-likeness (QED) is 0.903. The van der Waals surface area contributed by atoms with Crippen LogP contribution in [0.2, 0.25) is 0 Å². The fraction of sp³-hybridized carbons (Fsp3) is 0.571. The minimum atomic E-state index is -0.348. The van der Waals surface area contributed by atoms with Gasteiger partial charge in [0.15, 0.2) is 0 Å². The topological polar surface area (TPSA) is 47.7 Å². The Balaban J connectivity index is 2.31. The summed E-state index contributed by atoms with van der Waals surface area (Å²) in [5, 5.41) is 0. The number of nitrogens with two attached hydrogens (primary N) is 1. The monoisotopic (exact) mass is 268 g/mol. The van der Waals surface area contributed by atoms with Gasteiger partial charge in [-0.3, -0.25) is 0 Å². The summed E-state index contributed by atoms with van der Waals surface area (Å²) >= 11 is 0. The van der Waals surface area contributed by atoms with Crippen molar-refractivity contribution >= 4 is 5.69 Å². The number of benzene rings is 1. The summed E-state index contributed by atoms with van der Waals surface area (Å²) in [6, 6.07) is 4.70. The van der Waals surface area contributed by atoms with Crippen LogP contribution >= 0.6 is 0 Å². The van der Waals surface area contributed by atoms with Crippen LogP contribution in [0.15, 0.2) is 18.2 Å². The fourth-order valence-corrected chi connectivity index (χ4v) is 2.65. The summed E-state index contributed by atoms with van der Waals surface area (Å²) in [5.74, 6) is -0.262. The second kappa shape index (κ2) is 5.86. The Labute approximate surface area is 113 Å². The summed E-state index contributed by atoms with van der Waals surface area (Å²) in [6.07, 6.45) is -0.0107. The Morgan fingerprint density at radius 2 is 1.84 bits per heavy atom. The maximum absolute atomic E-state index is 13.9. The molecule has 4 nitrogen and oxygen atoms in total. The van der Waals surface area contributed by atoms with E-state index in [0.29, 0.717) is 18.7 Å². The van der Waals surface area contributed by atoms with E-state index in [9.17, 15) is 4.39 Å². The molecule has 1 aliphatic heterocycles. The van der Waals surface area contributed by atoms with Crippen molar-refractivity contribution in [3.8, 4) is 0 Å². The van der Waals surface area contributed by atoms with Gasteiger partial charge in [-0.1, -0.05) is 6.07 Å². The van der Waals surface area contributed by atoms with E-state index in [1.807, 2.05) is 6.07 Å². The third-order valence-electron chi connectivity index (χ3n) is 3.65. The first-order chi connectivity index (χ1) is 9.08. The van der Waals surface area contributed by atoms with Crippen molar-refractivity contribution < 1.29 is 13.9 Å². The van der Waals surface area contributed by atoms with Crippen LogP contribution in [0.4, 0.5) is 10.1 Å². The molecule has 1 saturated heterocycles. The lowest BCUT2D eigenvalue weighted by molar-refractivity contribution is -0.00461. The molecular formula is C14H21FN2O2. The van der Waals surface area contributed by atoms with E-state index in [2.05, 4.69) is 4.90 Å². The van der Waals surface area contributed by atoms with Crippen LogP contribution in [0.5, 0.6) is 0 Å². The lowest BCUT2D eigenvalue weighted by atomic mass is 10.1. The molecule has 19 heavy (non-hydrogen) atoms. The van der Waals surface area contributed by atoms with Gasteiger partial charge in [-0.15, -0.1) is 0 Å². The number of halogens is 1. The molecule has 1 aromatic carbocycles. The van der Waals surface area contributed by atoms with Gasteiger partial charge in [-0.2, -0.15) is 0 Å². The van der Waals surface area contributed by atoms with Gasteiger partial charge in [-0.05, 0) is 19.1 Å². The van der Waals surface area contributed by atoms with Gasteiger partial charge in [0.25, 0.3) is 0 Å². The summed E-state index contributed by atoms with van der Waals surface area (Å²) in [7, 11) is 3.33. The molecule has 0 radical (unpaired) electrons. The standard InChI is InChI=1S/C14H21FN2O2/c1-9(16)14-10(15)5-4-6-11(14)17-7-12(18-2)13(8-17)19-3/h4-6,9,12-13H,7-8,16H2,1-3H3/t9-,12?,13?/m1/s1. The molecule has 5 heteroatoms. The van der Waals surface area contributed by atoms with Crippen LogP contribution in [0.25, 0.3) is 0 Å². The summed E-state index contributed by atoms with van der Waals surface area (Å²) in [6.45, 7) is 3.15. The predicted octanol–water partition coefficient (Wildman–Crippen LogP) is 1.70. The van der Waals surface area contributed by atoms with Gasteiger partial charge in [-0.25, -0.2) is 4.39 Å². The first-order valence-electron chi connectivity index (χ1n) is 6.43. The Morgan fingerprint density at radius 1 is 1.26 bits per heavy atom. The molecule has 0 bridgehead atoms. The number of rotatable bonds is 4. The molecule has 1 aliphatic rings. The second-order valence-corrected chi connectivity index (χ2v) is 4.91. The third-order valence-corrected chi connectivity index (χ3v) is 3.65. The molecule has 1 aromatic rings. The largest absolute Gasteiger partial charge is 0.377 e. The molecule has 3 atom stereocenters. The second-order valence-electron chi connectivity index (χ2n) is 4.91. The number of nitrogens with zero attached hydrogens (tertiary/aromatic N) is 1. The zero-order valence-electron chi connectivity index (χ0n) is 11.6. The minimum Gasteiger partial charge on any atom is -0.377 e. The van der Waals surface area contributed by atoms with Gasteiger partial charge in [0.2, 0.25) is 0 Å². The average molecular weight is 268 g/mol. The smallest absolute Gasteiger partial charge is 0.130 e. The summed E-state index contributed by atoms with van der Waals surface area (Å²) in [4.78, 5) is 2.07. The van der Waals surface area contributed by atoms with Gasteiger partial charge >= 0.3 is 0 Å². The minimum absolute atomic E-state index is 0.00537. The molecule has 0 spiro atoms. The van der Waals surface area contributed by atoms with E-state index in [0.717, 1.165) is 5.69 Å². The maximum atomic E-state index is 13.9. The van der Waals surface area contributed by atoms with E-state index < -0.39 is 0 Å². The van der Waals surface area contributed by atoms with Crippen LogP contribution in [-0.2, 0) is 9.47 Å². The van der Waals surface area contributed by atoms with Crippen molar-refractivity contribution in [3.63, 3.8) is 0 Å². The number of hydrogen-bond donors (Lipinski definition) is 1. The average Bonchev–Trinajstić information content (AvgIpc) is 2.81. The zero-order valence-corrected chi connectivity index (χ0v) is 11.6. The van der Waals surface area contributed by atoms with Crippen molar-refractivity contribution in [2.75, 3.05) is 32.2 Å². The van der Waals surface area contributed by atoms with E-state index >= 15 is 0 Å². The van der Waals surface area contributed by atoms with Crippen LogP contribution in [0.1, 0.15) is 18.5 Å². The SMILES string of the molecule is COC1CN(c2cccc(F)c2[C@@H](C)N)CC1OC. The van der Waals surface area contributed by atoms with Crippen molar-refractivity contribution in [1.82, 2.24) is 0 Å². The zero-order chi connectivity index (χ0) is 14.0. The summed E-state index contributed by atoms with van der Waals surface area (Å²) in [5.41, 5.74) is 7.27. The first-order valence-corrected chi connectivity index (χ1v) is 6.43. The normalized spacial score (nSPS) is 24.8. The van der Waals surface area contributed by atoms with E-state index in [4.69, 9.17) is 15.2 Å². The fourth-order valence-electron chi connectivity index (χ4n) is 2.65. The predicted molar refractivity (Wildman–Crippen MR) is 72.8 cm³/mol. The van der Waals surface area contributed by atoms with Gasteiger partial charge < -0.3 is 20.1 Å². The highest BCUT2D eigenvalue weighted by atomic mass is 19.1. The highest BCUT2D eigenvalue weighted by Crippen LogP contribution is 2.31. The molecule has 0 saturated carbocycles. The lowest BCUT2D eigenvalue weighted by Gasteiger charge is -2.23. The third kappa shape index (κ3) is 2.73. The van der Waals surface area contributed by atoms with Crippen LogP contribution < -0.4 is 10.6 Å². The van der Waals surface area contributed by atoms with Crippen LogP contribution in [0, 0.1) is 5.82 Å². The molecule has 2 N–H and O–H groups in total. The van der Waals surface area contributed by atoms with E-state index in [1.165, 1.54) is 6.07 Å². The van der Waals surface area contributed by atoms with Gasteiger partial charge in [0.05, 0.1) is 0 Å². The van der Waals surface area contributed by atoms with Crippen molar-refractivity contribution in [1.29, 1.82) is 0 Å². The molecule has 0 aliphatic carbocycles. The number of ether oxygens (including phenoxy) is 2. The van der Waals surface area contributed by atoms with Crippen molar-refractivity contribution in [2.45, 2.75) is 25.2 Å². The molecular weight excluding hydrogens is 247 g/mol. The number of anilines is 1. The van der Waals surface area contributed by atoms with Crippen molar-refractivity contribution in [2.24, 2.45) is 5.73 Å². The van der Waals surface area contributed by atoms with Gasteiger partial charge in [0.1, 0.15) is 18.0 Å². The molecule has 2 unspecified atom stereocenters. The number of methoxy groups -OCH3 is 2. The molecule has 1 heterocycles. The van der Waals surface area contributed by atoms with Gasteiger partial charge in [0, 0.05) is 44.6 Å². The highest BCUT2D eigenvalue weighted by Gasteiger charge is 2.34. The highest BCUT2D eigenvalue weighted by molar-refractivity contribution is 5.56. The maximum Gasteiger partial charge on any atom is 0.130 e. The first kappa shape index (κ1) is 14.2. The van der Waals surface area contributed by atoms with Crippen molar-refractivity contribution in [3.05, 3.63) is 29.6 Å². The van der Waals surface area contributed by atoms with Crippen LogP contribution in [-0.4, -0.2) is 39.5 Å². The van der Waals surface area contributed by atoms with E-state index in [1.54, 1.807) is 27.2 Å². The Morgan fingerprint density at radius 3 is 2.32 bits per heavy atom. The Bertz CT molecular complexity index is 427.